The van der Waals surface area contributed by atoms with Crippen molar-refractivity contribution in [2.75, 3.05) is 5.32 Å². The van der Waals surface area contributed by atoms with Gasteiger partial charge in [0.15, 0.2) is 5.82 Å². The molecule has 3 rings (SSSR count). The van der Waals surface area contributed by atoms with Crippen LogP contribution in [0, 0.1) is 0 Å². The summed E-state index contributed by atoms with van der Waals surface area (Å²) >= 11 is 5.79. The van der Waals surface area contributed by atoms with Crippen molar-refractivity contribution in [3.63, 3.8) is 0 Å². The predicted octanol–water partition coefficient (Wildman–Crippen LogP) is 5.40. The summed E-state index contributed by atoms with van der Waals surface area (Å²) in [4.78, 5) is 12.1. The lowest BCUT2D eigenvalue weighted by Crippen LogP contribution is -2.10. The molecule has 0 aliphatic rings. The molecule has 1 aromatic heterocycles. The van der Waals surface area contributed by atoms with E-state index in [1.54, 1.807) is 42.5 Å². The van der Waals surface area contributed by atoms with Gasteiger partial charge in [-0.2, -0.15) is 18.3 Å². The Morgan fingerprint density at radius 1 is 1.07 bits per heavy atom. The van der Waals surface area contributed by atoms with Crippen LogP contribution >= 0.6 is 11.6 Å². The quantitative estimate of drug-likeness (QED) is 0.585. The van der Waals surface area contributed by atoms with Gasteiger partial charge in [0.2, 0.25) is 5.91 Å². The second-order valence-corrected chi connectivity index (χ2v) is 6.00. The number of nitrogens with zero attached hydrogens (tertiary/aromatic N) is 1. The second kappa shape index (κ2) is 7.67. The minimum atomic E-state index is -4.64. The molecule has 0 aliphatic carbocycles. The lowest BCUT2D eigenvalue weighted by Gasteiger charge is -2.09. The van der Waals surface area contributed by atoms with E-state index in [-0.39, 0.29) is 16.9 Å². The Morgan fingerprint density at radius 2 is 1.74 bits per heavy atom. The van der Waals surface area contributed by atoms with E-state index in [0.29, 0.717) is 5.02 Å². The minimum Gasteiger partial charge on any atom is -0.305 e. The molecule has 0 aliphatic heterocycles. The van der Waals surface area contributed by atoms with Crippen molar-refractivity contribution in [1.82, 2.24) is 10.2 Å². The first-order valence-corrected chi connectivity index (χ1v) is 8.18. The summed E-state index contributed by atoms with van der Waals surface area (Å²) in [5.74, 6) is -0.804. The molecule has 1 amide bonds. The molecule has 138 valence electrons. The minimum absolute atomic E-state index is 0.195. The van der Waals surface area contributed by atoms with Crippen molar-refractivity contribution >= 4 is 29.4 Å². The Morgan fingerprint density at radius 3 is 2.37 bits per heavy atom. The summed E-state index contributed by atoms with van der Waals surface area (Å²) in [6.45, 7) is 0. The van der Waals surface area contributed by atoms with Gasteiger partial charge in [0, 0.05) is 11.1 Å². The number of benzene rings is 2. The average Bonchev–Trinajstić information content (AvgIpc) is 3.06. The van der Waals surface area contributed by atoms with Gasteiger partial charge in [0.25, 0.3) is 0 Å². The van der Waals surface area contributed by atoms with Gasteiger partial charge in [-0.25, -0.2) is 0 Å². The summed E-state index contributed by atoms with van der Waals surface area (Å²) in [5.41, 5.74) is -0.228. The van der Waals surface area contributed by atoms with Crippen LogP contribution in [0.5, 0.6) is 0 Å². The van der Waals surface area contributed by atoms with E-state index in [1.807, 2.05) is 5.10 Å². The SMILES string of the molecule is O=C(/C=C/c1ccc(Cl)cc1)Nc1n[nH]c(C(F)(F)F)c1-c1ccccc1. The molecule has 0 radical (unpaired) electrons. The number of aromatic amines is 1. The van der Waals surface area contributed by atoms with E-state index in [2.05, 4.69) is 10.4 Å². The largest absolute Gasteiger partial charge is 0.433 e. The number of hydrogen-bond acceptors (Lipinski definition) is 2. The highest BCUT2D eigenvalue weighted by Crippen LogP contribution is 2.39. The maximum atomic E-state index is 13.3. The maximum absolute atomic E-state index is 13.3. The van der Waals surface area contributed by atoms with Crippen molar-refractivity contribution in [3.05, 3.63) is 77.0 Å². The maximum Gasteiger partial charge on any atom is 0.433 e. The smallest absolute Gasteiger partial charge is 0.305 e. The Balaban J connectivity index is 1.87. The van der Waals surface area contributed by atoms with Gasteiger partial charge in [-0.05, 0) is 29.3 Å². The molecule has 0 saturated carbocycles. The van der Waals surface area contributed by atoms with Gasteiger partial charge >= 0.3 is 6.18 Å². The summed E-state index contributed by atoms with van der Waals surface area (Å²) in [6, 6.07) is 14.7. The second-order valence-electron chi connectivity index (χ2n) is 5.56. The summed E-state index contributed by atoms with van der Waals surface area (Å²) in [6.07, 6.45) is -1.91. The van der Waals surface area contributed by atoms with Crippen LogP contribution in [0.2, 0.25) is 5.02 Å². The molecule has 27 heavy (non-hydrogen) atoms. The van der Waals surface area contributed by atoms with E-state index in [0.717, 1.165) is 5.56 Å². The zero-order valence-electron chi connectivity index (χ0n) is 13.7. The molecular formula is C19H13ClF3N3O. The molecule has 0 atom stereocenters. The number of alkyl halides is 3. The van der Waals surface area contributed by atoms with Gasteiger partial charge in [-0.15, -0.1) is 0 Å². The number of halogens is 4. The summed E-state index contributed by atoms with van der Waals surface area (Å²) in [7, 11) is 0. The third kappa shape index (κ3) is 4.57. The van der Waals surface area contributed by atoms with Gasteiger partial charge in [0.05, 0.1) is 5.56 Å². The van der Waals surface area contributed by atoms with E-state index in [9.17, 15) is 18.0 Å². The Labute approximate surface area is 157 Å². The van der Waals surface area contributed by atoms with Gasteiger partial charge in [-0.1, -0.05) is 54.1 Å². The van der Waals surface area contributed by atoms with Crippen LogP contribution in [0.25, 0.3) is 17.2 Å². The van der Waals surface area contributed by atoms with Crippen molar-refractivity contribution < 1.29 is 18.0 Å². The van der Waals surface area contributed by atoms with Crippen LogP contribution in [-0.2, 0) is 11.0 Å². The Hall–Kier alpha value is -3.06. The average molecular weight is 392 g/mol. The van der Waals surface area contributed by atoms with Crippen LogP contribution in [0.4, 0.5) is 19.0 Å². The van der Waals surface area contributed by atoms with Crippen LogP contribution in [0.15, 0.2) is 60.7 Å². The number of anilines is 1. The van der Waals surface area contributed by atoms with E-state index in [1.165, 1.54) is 24.3 Å². The zero-order valence-corrected chi connectivity index (χ0v) is 14.5. The Kier molecular flexibility index (Phi) is 5.32. The highest BCUT2D eigenvalue weighted by Gasteiger charge is 2.38. The molecule has 0 bridgehead atoms. The van der Waals surface area contributed by atoms with Gasteiger partial charge < -0.3 is 5.32 Å². The number of H-pyrrole nitrogens is 1. The first kappa shape index (κ1) is 18.7. The normalized spacial score (nSPS) is 11.7. The van der Waals surface area contributed by atoms with Crippen LogP contribution in [-0.4, -0.2) is 16.1 Å². The zero-order chi connectivity index (χ0) is 19.4. The van der Waals surface area contributed by atoms with E-state index >= 15 is 0 Å². The number of aromatic nitrogens is 2. The van der Waals surface area contributed by atoms with Crippen molar-refractivity contribution in [2.24, 2.45) is 0 Å². The number of nitrogens with one attached hydrogen (secondary N) is 2. The van der Waals surface area contributed by atoms with Crippen LogP contribution in [0.1, 0.15) is 11.3 Å². The molecule has 8 heteroatoms. The van der Waals surface area contributed by atoms with Crippen LogP contribution in [0.3, 0.4) is 0 Å². The summed E-state index contributed by atoms with van der Waals surface area (Å²) < 4.78 is 39.8. The van der Waals surface area contributed by atoms with E-state index < -0.39 is 17.8 Å². The molecule has 3 aromatic rings. The fourth-order valence-electron chi connectivity index (χ4n) is 2.43. The van der Waals surface area contributed by atoms with Gasteiger partial charge in [0.1, 0.15) is 5.69 Å². The molecule has 0 saturated heterocycles. The molecule has 0 fully saturated rings. The first-order chi connectivity index (χ1) is 12.8. The number of carbonyl (C=O) groups is 1. The highest BCUT2D eigenvalue weighted by atomic mass is 35.5. The third-order valence-electron chi connectivity index (χ3n) is 3.65. The molecular weight excluding hydrogens is 379 g/mol. The lowest BCUT2D eigenvalue weighted by molar-refractivity contribution is -0.140. The monoisotopic (exact) mass is 391 g/mol. The molecule has 2 N–H and O–H groups in total. The van der Waals surface area contributed by atoms with E-state index in [4.69, 9.17) is 11.6 Å². The lowest BCUT2D eigenvalue weighted by atomic mass is 10.1. The molecule has 2 aromatic carbocycles. The fourth-order valence-corrected chi connectivity index (χ4v) is 2.55. The third-order valence-corrected chi connectivity index (χ3v) is 3.90. The van der Waals surface area contributed by atoms with Crippen molar-refractivity contribution in [2.45, 2.75) is 6.18 Å². The molecule has 0 unspecified atom stereocenters. The number of carbonyl (C=O) groups excluding carboxylic acids is 1. The number of hydrogen-bond donors (Lipinski definition) is 2. The molecule has 0 spiro atoms. The van der Waals surface area contributed by atoms with Gasteiger partial charge in [-0.3, -0.25) is 9.89 Å². The standard InChI is InChI=1S/C19H13ClF3N3O/c20-14-9-6-12(7-10-14)8-11-15(27)24-18-16(13-4-2-1-3-5-13)17(25-26-18)19(21,22)23/h1-11H,(H2,24,25,26,27)/b11-8+. The van der Waals surface area contributed by atoms with Crippen LogP contribution < -0.4 is 5.32 Å². The predicted molar refractivity (Wildman–Crippen MR) is 98.1 cm³/mol. The Bertz CT molecular complexity index is 964. The molecule has 4 nitrogen and oxygen atoms in total. The number of amides is 1. The summed E-state index contributed by atoms with van der Waals surface area (Å²) in [5, 5.41) is 8.55. The fraction of sp³-hybridized carbons (Fsp3) is 0.0526. The molecule has 1 heterocycles. The topological polar surface area (TPSA) is 57.8 Å². The first-order valence-electron chi connectivity index (χ1n) is 7.80. The van der Waals surface area contributed by atoms with Crippen molar-refractivity contribution in [3.8, 4) is 11.1 Å². The highest BCUT2D eigenvalue weighted by molar-refractivity contribution is 6.30. The number of rotatable bonds is 4. The van der Waals surface area contributed by atoms with Crippen molar-refractivity contribution in [1.29, 1.82) is 0 Å².